The van der Waals surface area contributed by atoms with Crippen molar-refractivity contribution in [1.82, 2.24) is 0 Å². The van der Waals surface area contributed by atoms with E-state index < -0.39 is 0 Å². The van der Waals surface area contributed by atoms with Gasteiger partial charge in [-0.2, -0.15) is 0 Å². The second-order valence-electron chi connectivity index (χ2n) is 9.39. The second kappa shape index (κ2) is 6.78. The van der Waals surface area contributed by atoms with E-state index in [1.165, 1.54) is 44.9 Å². The molecule has 4 saturated carbocycles. The molecule has 0 heterocycles. The van der Waals surface area contributed by atoms with Gasteiger partial charge in [0.1, 0.15) is 0 Å². The zero-order valence-electron chi connectivity index (χ0n) is 16.8. The largest absolute Gasteiger partial charge is 0.393 e. The molecule has 0 aromatic rings. The predicted octanol–water partition coefficient (Wildman–Crippen LogP) is 6.36. The molecule has 0 amide bonds. The van der Waals surface area contributed by atoms with E-state index in [0.717, 1.165) is 36.5 Å². The van der Waals surface area contributed by atoms with Crippen LogP contribution in [0.15, 0.2) is 11.6 Å². The van der Waals surface area contributed by atoms with Crippen LogP contribution >= 0.6 is 0 Å². The summed E-state index contributed by atoms with van der Waals surface area (Å²) in [5.41, 5.74) is 2.82. The van der Waals surface area contributed by atoms with Crippen LogP contribution in [-0.2, 0) is 0 Å². The molecule has 24 heavy (non-hydrogen) atoms. The van der Waals surface area contributed by atoms with E-state index in [9.17, 15) is 5.11 Å². The molecule has 1 heteroatoms. The predicted molar refractivity (Wildman–Crippen MR) is 103 cm³/mol. The lowest BCUT2D eigenvalue weighted by Crippen LogP contribution is -2.53. The van der Waals surface area contributed by atoms with Gasteiger partial charge in [0.15, 0.2) is 0 Å². The van der Waals surface area contributed by atoms with E-state index >= 15 is 0 Å². The molecule has 4 aliphatic carbocycles. The third kappa shape index (κ3) is 2.61. The third-order valence-corrected chi connectivity index (χ3v) is 8.83. The molecule has 4 aliphatic rings. The topological polar surface area (TPSA) is 20.2 Å². The smallest absolute Gasteiger partial charge is 0.0543 e. The van der Waals surface area contributed by atoms with Crippen LogP contribution in [0.3, 0.4) is 0 Å². The zero-order chi connectivity index (χ0) is 17.5. The minimum atomic E-state index is -0.00964. The molecule has 4 rings (SSSR count). The van der Waals surface area contributed by atoms with Crippen molar-refractivity contribution in [2.45, 2.75) is 98.5 Å². The Labute approximate surface area is 150 Å². The van der Waals surface area contributed by atoms with Gasteiger partial charge in [0.05, 0.1) is 6.10 Å². The summed E-state index contributed by atoms with van der Waals surface area (Å²) >= 11 is 0. The van der Waals surface area contributed by atoms with E-state index in [-0.39, 0.29) is 6.10 Å². The summed E-state index contributed by atoms with van der Waals surface area (Å²) in [4.78, 5) is 0. The molecular formula is C23H40O. The molecular weight excluding hydrogens is 292 g/mol. The van der Waals surface area contributed by atoms with Crippen molar-refractivity contribution >= 4 is 0 Å². The fraction of sp³-hybridized carbons (Fsp3) is 0.913. The van der Waals surface area contributed by atoms with Gasteiger partial charge in [0, 0.05) is 0 Å². The van der Waals surface area contributed by atoms with Crippen molar-refractivity contribution in [2.24, 2.45) is 34.5 Å². The number of rotatable bonds is 0. The van der Waals surface area contributed by atoms with E-state index in [1.54, 1.807) is 5.57 Å². The van der Waals surface area contributed by atoms with E-state index in [2.05, 4.69) is 26.8 Å². The Balaban J connectivity index is 0.000000815. The molecule has 1 N–H and O–H groups in total. The number of aliphatic hydroxyl groups excluding tert-OH is 1. The molecule has 0 saturated heterocycles. The lowest BCUT2D eigenvalue weighted by molar-refractivity contribution is -0.116. The molecule has 4 fully saturated rings. The van der Waals surface area contributed by atoms with Gasteiger partial charge in [0.2, 0.25) is 0 Å². The van der Waals surface area contributed by atoms with Crippen LogP contribution in [0.2, 0.25) is 0 Å². The van der Waals surface area contributed by atoms with Gasteiger partial charge in [-0.15, -0.1) is 0 Å². The molecule has 7 atom stereocenters. The highest BCUT2D eigenvalue weighted by Gasteiger charge is 2.58. The summed E-state index contributed by atoms with van der Waals surface area (Å²) in [5.74, 6) is 3.65. The molecule has 0 aliphatic heterocycles. The molecule has 0 spiro atoms. The highest BCUT2D eigenvalue weighted by atomic mass is 16.3. The first kappa shape index (κ1) is 18.5. The van der Waals surface area contributed by atoms with Gasteiger partial charge in [-0.05, 0) is 99.2 Å². The minimum absolute atomic E-state index is 0.00964. The third-order valence-electron chi connectivity index (χ3n) is 8.83. The summed E-state index contributed by atoms with van der Waals surface area (Å²) < 4.78 is 0. The van der Waals surface area contributed by atoms with E-state index in [1.807, 2.05) is 13.8 Å². The summed E-state index contributed by atoms with van der Waals surface area (Å²) in [6.07, 6.45) is 14.3. The molecule has 0 aromatic heterocycles. The first-order valence-electron chi connectivity index (χ1n) is 10.8. The molecule has 138 valence electrons. The molecule has 0 bridgehead atoms. The normalized spacial score (nSPS) is 51.9. The van der Waals surface area contributed by atoms with Crippen LogP contribution in [0.4, 0.5) is 0 Å². The van der Waals surface area contributed by atoms with Gasteiger partial charge < -0.3 is 5.11 Å². The van der Waals surface area contributed by atoms with E-state index in [0.29, 0.717) is 10.8 Å². The van der Waals surface area contributed by atoms with Crippen molar-refractivity contribution < 1.29 is 5.11 Å². The molecule has 1 nitrogen and oxygen atoms in total. The van der Waals surface area contributed by atoms with Crippen LogP contribution in [0, 0.1) is 34.5 Å². The SMILES string of the molecule is C/C=C1/CCC2C3CCC4CC(O)CCC4(C)C3CCC12C.CC. The molecule has 7 unspecified atom stereocenters. The summed E-state index contributed by atoms with van der Waals surface area (Å²) in [7, 11) is 0. The van der Waals surface area contributed by atoms with Crippen molar-refractivity contribution in [3.05, 3.63) is 11.6 Å². The number of allylic oxidation sites excluding steroid dienone is 2. The van der Waals surface area contributed by atoms with Gasteiger partial charge >= 0.3 is 0 Å². The average molecular weight is 333 g/mol. The highest BCUT2D eigenvalue weighted by molar-refractivity contribution is 5.23. The van der Waals surface area contributed by atoms with Gasteiger partial charge in [-0.25, -0.2) is 0 Å². The number of fused-ring (bicyclic) bond motifs is 5. The Hall–Kier alpha value is -0.300. The average Bonchev–Trinajstić information content (AvgIpc) is 2.93. The fourth-order valence-electron chi connectivity index (χ4n) is 7.56. The van der Waals surface area contributed by atoms with Crippen LogP contribution in [0.5, 0.6) is 0 Å². The van der Waals surface area contributed by atoms with Crippen molar-refractivity contribution in [1.29, 1.82) is 0 Å². The van der Waals surface area contributed by atoms with Crippen LogP contribution in [0.25, 0.3) is 0 Å². The molecule has 0 radical (unpaired) electrons. The maximum absolute atomic E-state index is 10.1. The standard InChI is InChI=1S/C21H34O.C2H6/c1-4-14-6-8-18-17-7-5-15-13-16(22)9-11-21(15,3)19(17)10-12-20(14,18)2;1-2/h4,15-19,22H,5-13H2,1-3H3;1-2H3/b14-4-;. The zero-order valence-corrected chi connectivity index (χ0v) is 16.8. The Morgan fingerprint density at radius 3 is 2.42 bits per heavy atom. The first-order valence-corrected chi connectivity index (χ1v) is 10.8. The van der Waals surface area contributed by atoms with Gasteiger partial charge in [0.25, 0.3) is 0 Å². The quantitative estimate of drug-likeness (QED) is 0.511. The number of hydrogen-bond donors (Lipinski definition) is 1. The van der Waals surface area contributed by atoms with Crippen molar-refractivity contribution in [2.75, 3.05) is 0 Å². The maximum Gasteiger partial charge on any atom is 0.0543 e. The lowest BCUT2D eigenvalue weighted by atomic mass is 9.45. The number of hydrogen-bond acceptors (Lipinski definition) is 1. The van der Waals surface area contributed by atoms with Gasteiger partial charge in [-0.3, -0.25) is 0 Å². The first-order chi connectivity index (χ1) is 11.5. The summed E-state index contributed by atoms with van der Waals surface area (Å²) in [6, 6.07) is 0. The Kier molecular flexibility index (Phi) is 5.23. The Bertz CT molecular complexity index is 480. The maximum atomic E-state index is 10.1. The highest BCUT2D eigenvalue weighted by Crippen LogP contribution is 2.67. The Morgan fingerprint density at radius 2 is 1.71 bits per heavy atom. The van der Waals surface area contributed by atoms with Crippen molar-refractivity contribution in [3.8, 4) is 0 Å². The fourth-order valence-corrected chi connectivity index (χ4v) is 7.56. The van der Waals surface area contributed by atoms with E-state index in [4.69, 9.17) is 0 Å². The summed E-state index contributed by atoms with van der Waals surface area (Å²) in [6.45, 7) is 11.4. The molecule has 0 aromatic carbocycles. The minimum Gasteiger partial charge on any atom is -0.393 e. The van der Waals surface area contributed by atoms with Crippen molar-refractivity contribution in [3.63, 3.8) is 0 Å². The lowest BCUT2D eigenvalue weighted by Gasteiger charge is -2.60. The second-order valence-corrected chi connectivity index (χ2v) is 9.39. The monoisotopic (exact) mass is 332 g/mol. The number of aliphatic hydroxyl groups is 1. The van der Waals surface area contributed by atoms with Crippen LogP contribution in [0.1, 0.15) is 92.4 Å². The van der Waals surface area contributed by atoms with Crippen LogP contribution < -0.4 is 0 Å². The van der Waals surface area contributed by atoms with Gasteiger partial charge in [-0.1, -0.05) is 39.3 Å². The summed E-state index contributed by atoms with van der Waals surface area (Å²) in [5, 5.41) is 10.1. The Morgan fingerprint density at radius 1 is 0.958 bits per heavy atom. The van der Waals surface area contributed by atoms with Crippen LogP contribution in [-0.4, -0.2) is 11.2 Å².